The van der Waals surface area contributed by atoms with E-state index in [1.165, 1.54) is 5.56 Å². The molecule has 0 aliphatic carbocycles. The maximum Gasteiger partial charge on any atom is 0.120 e. The zero-order chi connectivity index (χ0) is 12.5. The molecule has 0 aliphatic heterocycles. The van der Waals surface area contributed by atoms with Crippen molar-refractivity contribution < 1.29 is 9.47 Å². The Morgan fingerprint density at radius 1 is 1.35 bits per heavy atom. The molecule has 1 aromatic carbocycles. The van der Waals surface area contributed by atoms with Gasteiger partial charge in [0.1, 0.15) is 5.75 Å². The van der Waals surface area contributed by atoms with Crippen molar-refractivity contribution in [3.05, 3.63) is 29.8 Å². The van der Waals surface area contributed by atoms with Gasteiger partial charge < -0.3 is 14.8 Å². The van der Waals surface area contributed by atoms with Gasteiger partial charge >= 0.3 is 0 Å². The predicted molar refractivity (Wildman–Crippen MR) is 70.4 cm³/mol. The highest BCUT2D eigenvalue weighted by molar-refractivity contribution is 5.28. The van der Waals surface area contributed by atoms with Crippen LogP contribution in [0.4, 0.5) is 0 Å². The first-order valence-corrected chi connectivity index (χ1v) is 6.21. The third-order valence-corrected chi connectivity index (χ3v) is 2.62. The Labute approximate surface area is 104 Å². The fourth-order valence-electron chi connectivity index (χ4n) is 1.45. The van der Waals surface area contributed by atoms with E-state index < -0.39 is 0 Å². The molecule has 1 N–H and O–H groups in total. The van der Waals surface area contributed by atoms with E-state index in [2.05, 4.69) is 31.3 Å². The summed E-state index contributed by atoms with van der Waals surface area (Å²) in [6.07, 6.45) is 1.29. The topological polar surface area (TPSA) is 30.5 Å². The molecule has 1 aromatic rings. The van der Waals surface area contributed by atoms with Gasteiger partial charge in [-0.2, -0.15) is 0 Å². The predicted octanol–water partition coefficient (Wildman–Crippen LogP) is 2.60. The Kier molecular flexibility index (Phi) is 6.67. The second kappa shape index (κ2) is 8.09. The molecule has 0 heterocycles. The summed E-state index contributed by atoms with van der Waals surface area (Å²) in [4.78, 5) is 0. The van der Waals surface area contributed by atoms with Gasteiger partial charge in [-0.15, -0.1) is 0 Å². The summed E-state index contributed by atoms with van der Waals surface area (Å²) in [7, 11) is 1.71. The van der Waals surface area contributed by atoms with Crippen LogP contribution in [0, 0.1) is 0 Å². The minimum atomic E-state index is 0.270. The van der Waals surface area contributed by atoms with E-state index >= 15 is 0 Å². The molecule has 3 heteroatoms. The van der Waals surface area contributed by atoms with Crippen molar-refractivity contribution in [3.8, 4) is 5.75 Å². The average molecular weight is 237 g/mol. The van der Waals surface area contributed by atoms with Gasteiger partial charge in [-0.1, -0.05) is 19.1 Å². The third-order valence-electron chi connectivity index (χ3n) is 2.62. The number of benzene rings is 1. The molecule has 17 heavy (non-hydrogen) atoms. The van der Waals surface area contributed by atoms with Crippen LogP contribution in [0.5, 0.6) is 5.75 Å². The molecule has 3 nitrogen and oxygen atoms in total. The third kappa shape index (κ3) is 5.71. The standard InChI is InChI=1S/C14H23NO2/c1-4-12(2)17-14-7-5-6-13(10-14)11-15-8-9-16-3/h5-7,10,12,15H,4,8-9,11H2,1-3H3. The van der Waals surface area contributed by atoms with Gasteiger partial charge in [0.2, 0.25) is 0 Å². The maximum atomic E-state index is 5.78. The van der Waals surface area contributed by atoms with Crippen molar-refractivity contribution in [2.45, 2.75) is 32.9 Å². The zero-order valence-electron chi connectivity index (χ0n) is 11.0. The van der Waals surface area contributed by atoms with Gasteiger partial charge in [-0.3, -0.25) is 0 Å². The molecule has 1 unspecified atom stereocenters. The molecule has 1 atom stereocenters. The van der Waals surface area contributed by atoms with Gasteiger partial charge in [0, 0.05) is 20.2 Å². The number of hydrogen-bond acceptors (Lipinski definition) is 3. The van der Waals surface area contributed by atoms with Crippen LogP contribution in [-0.2, 0) is 11.3 Å². The molecule has 0 saturated heterocycles. The lowest BCUT2D eigenvalue weighted by Gasteiger charge is -2.13. The second-order valence-electron chi connectivity index (χ2n) is 4.15. The Hall–Kier alpha value is -1.06. The molecule has 0 aromatic heterocycles. The maximum absolute atomic E-state index is 5.78. The van der Waals surface area contributed by atoms with Crippen molar-refractivity contribution in [1.29, 1.82) is 0 Å². The molecule has 0 fully saturated rings. The van der Waals surface area contributed by atoms with Crippen molar-refractivity contribution in [1.82, 2.24) is 5.32 Å². The van der Waals surface area contributed by atoms with Gasteiger partial charge in [0.25, 0.3) is 0 Å². The van der Waals surface area contributed by atoms with Crippen LogP contribution in [0.2, 0.25) is 0 Å². The van der Waals surface area contributed by atoms with E-state index in [0.29, 0.717) is 0 Å². The van der Waals surface area contributed by atoms with Gasteiger partial charge in [-0.25, -0.2) is 0 Å². The second-order valence-corrected chi connectivity index (χ2v) is 4.15. The van der Waals surface area contributed by atoms with Crippen molar-refractivity contribution in [3.63, 3.8) is 0 Å². The smallest absolute Gasteiger partial charge is 0.120 e. The first kappa shape index (κ1) is 14.0. The first-order valence-electron chi connectivity index (χ1n) is 6.21. The molecule has 0 bridgehead atoms. The van der Waals surface area contributed by atoms with E-state index in [-0.39, 0.29) is 6.10 Å². The Balaban J connectivity index is 2.42. The van der Waals surface area contributed by atoms with E-state index in [1.807, 2.05) is 12.1 Å². The molecule has 1 rings (SSSR count). The number of nitrogens with one attached hydrogen (secondary N) is 1. The lowest BCUT2D eigenvalue weighted by atomic mass is 10.2. The zero-order valence-corrected chi connectivity index (χ0v) is 11.0. The molecular formula is C14H23NO2. The van der Waals surface area contributed by atoms with Crippen LogP contribution >= 0.6 is 0 Å². The van der Waals surface area contributed by atoms with E-state index in [9.17, 15) is 0 Å². The van der Waals surface area contributed by atoms with Gasteiger partial charge in [-0.05, 0) is 31.0 Å². The lowest BCUT2D eigenvalue weighted by molar-refractivity contribution is 0.199. The van der Waals surface area contributed by atoms with Gasteiger partial charge in [0.15, 0.2) is 0 Å². The molecule has 0 aliphatic rings. The molecular weight excluding hydrogens is 214 g/mol. The number of ether oxygens (including phenoxy) is 2. The molecule has 0 radical (unpaired) electrons. The Morgan fingerprint density at radius 3 is 2.88 bits per heavy atom. The summed E-state index contributed by atoms with van der Waals surface area (Å²) in [6.45, 7) is 6.67. The van der Waals surface area contributed by atoms with Crippen LogP contribution in [0.3, 0.4) is 0 Å². The first-order chi connectivity index (χ1) is 8.26. The van der Waals surface area contributed by atoms with E-state index in [4.69, 9.17) is 9.47 Å². The summed E-state index contributed by atoms with van der Waals surface area (Å²) in [5.41, 5.74) is 1.24. The quantitative estimate of drug-likeness (QED) is 0.705. The molecule has 96 valence electrons. The average Bonchev–Trinajstić information content (AvgIpc) is 2.35. The summed E-state index contributed by atoms with van der Waals surface area (Å²) < 4.78 is 10.8. The molecule has 0 amide bonds. The summed E-state index contributed by atoms with van der Waals surface area (Å²) in [5, 5.41) is 3.32. The Bertz CT molecular complexity index is 315. The molecule has 0 saturated carbocycles. The van der Waals surface area contributed by atoms with Gasteiger partial charge in [0.05, 0.1) is 12.7 Å². The molecule has 0 spiro atoms. The van der Waals surface area contributed by atoms with Crippen LogP contribution in [-0.4, -0.2) is 26.4 Å². The largest absolute Gasteiger partial charge is 0.491 e. The number of methoxy groups -OCH3 is 1. The monoisotopic (exact) mass is 237 g/mol. The van der Waals surface area contributed by atoms with Crippen molar-refractivity contribution >= 4 is 0 Å². The van der Waals surface area contributed by atoms with E-state index in [1.54, 1.807) is 7.11 Å². The number of rotatable bonds is 8. The Morgan fingerprint density at radius 2 is 2.18 bits per heavy atom. The normalized spacial score (nSPS) is 12.4. The summed E-state index contributed by atoms with van der Waals surface area (Å²) in [5.74, 6) is 0.949. The highest BCUT2D eigenvalue weighted by Gasteiger charge is 2.01. The summed E-state index contributed by atoms with van der Waals surface area (Å²) >= 11 is 0. The van der Waals surface area contributed by atoms with Crippen molar-refractivity contribution in [2.24, 2.45) is 0 Å². The highest BCUT2D eigenvalue weighted by atomic mass is 16.5. The number of hydrogen-bond donors (Lipinski definition) is 1. The fraction of sp³-hybridized carbons (Fsp3) is 0.571. The van der Waals surface area contributed by atoms with E-state index in [0.717, 1.165) is 31.9 Å². The lowest BCUT2D eigenvalue weighted by Crippen LogP contribution is -2.18. The minimum absolute atomic E-state index is 0.270. The van der Waals surface area contributed by atoms with Crippen LogP contribution in [0.15, 0.2) is 24.3 Å². The van der Waals surface area contributed by atoms with Crippen molar-refractivity contribution in [2.75, 3.05) is 20.3 Å². The van der Waals surface area contributed by atoms with Crippen LogP contribution in [0.25, 0.3) is 0 Å². The van der Waals surface area contributed by atoms with Crippen LogP contribution in [0.1, 0.15) is 25.8 Å². The minimum Gasteiger partial charge on any atom is -0.491 e. The van der Waals surface area contributed by atoms with Crippen LogP contribution < -0.4 is 10.1 Å². The highest BCUT2D eigenvalue weighted by Crippen LogP contribution is 2.15. The SMILES string of the molecule is CCC(C)Oc1cccc(CNCCOC)c1. The fourth-order valence-corrected chi connectivity index (χ4v) is 1.45. The summed E-state index contributed by atoms with van der Waals surface area (Å²) in [6, 6.07) is 8.23.